The Balaban J connectivity index is 1.41. The van der Waals surface area contributed by atoms with Crippen LogP contribution in [0, 0.1) is 0 Å². The molecule has 0 spiro atoms. The number of rotatable bonds is 3. The normalized spacial score (nSPS) is 17.4. The highest BCUT2D eigenvalue weighted by Crippen LogP contribution is 2.51. The summed E-state index contributed by atoms with van der Waals surface area (Å²) < 4.78 is 5.23. The summed E-state index contributed by atoms with van der Waals surface area (Å²) in [4.78, 5) is 0. The Morgan fingerprint density at radius 1 is 0.520 bits per heavy atom. The molecule has 0 saturated heterocycles. The van der Waals surface area contributed by atoms with Crippen LogP contribution in [0.1, 0.15) is 30.6 Å². The van der Waals surface area contributed by atoms with Crippen molar-refractivity contribution in [3.8, 4) is 0 Å². The number of fused-ring (bicyclic) bond motifs is 13. The summed E-state index contributed by atoms with van der Waals surface area (Å²) in [6.07, 6.45) is 8.73. The lowest BCUT2D eigenvalue weighted by atomic mass is 9.96. The first-order valence-electron chi connectivity index (χ1n) is 17.7. The van der Waals surface area contributed by atoms with Gasteiger partial charge in [0.05, 0.1) is 39.5 Å². The molecule has 2 N–H and O–H groups in total. The summed E-state index contributed by atoms with van der Waals surface area (Å²) in [5, 5.41) is 18.4. The number of hydrogen-bond donors (Lipinski definition) is 2. The minimum atomic E-state index is -0.135. The first kappa shape index (κ1) is 27.7. The standard InChI is InChI=1S/C46H34N4/c1-3-16-30(17-4-1)43-46(48-37-25-13-12-24-36(37)47-43)50-39-28-27-29-15-7-8-20-32(29)41(39)42-34-22-10-9-21-33(34)40-35-23-11-14-26-38(35)49(44(40)45(42)50)31-18-5-2-6-19-31/h1-5,7-18,20-28,43,46-48H,6,19H2. The lowest BCUT2D eigenvalue weighted by Crippen LogP contribution is -2.34. The Hall–Kier alpha value is -6.26. The van der Waals surface area contributed by atoms with E-state index in [-0.39, 0.29) is 12.2 Å². The summed E-state index contributed by atoms with van der Waals surface area (Å²) in [5.41, 5.74) is 9.81. The van der Waals surface area contributed by atoms with Crippen LogP contribution in [0.3, 0.4) is 0 Å². The molecule has 9 aromatic rings. The summed E-state index contributed by atoms with van der Waals surface area (Å²) >= 11 is 0. The molecule has 1 aliphatic carbocycles. The molecule has 238 valence electrons. The average Bonchev–Trinajstić information content (AvgIpc) is 3.72. The number of aromatic nitrogens is 2. The van der Waals surface area contributed by atoms with Crippen molar-refractivity contribution in [3.05, 3.63) is 163 Å². The van der Waals surface area contributed by atoms with Crippen LogP contribution in [0.2, 0.25) is 0 Å². The predicted molar refractivity (Wildman–Crippen MR) is 212 cm³/mol. The van der Waals surface area contributed by atoms with Crippen LogP contribution in [0.15, 0.2) is 158 Å². The molecule has 0 bridgehead atoms. The van der Waals surface area contributed by atoms with Gasteiger partial charge in [-0.3, -0.25) is 0 Å². The number of nitrogens with one attached hydrogen (secondary N) is 2. The van der Waals surface area contributed by atoms with Crippen molar-refractivity contribution < 1.29 is 0 Å². The Labute approximate surface area is 289 Å². The molecule has 1 aliphatic heterocycles. The van der Waals surface area contributed by atoms with Gasteiger partial charge in [-0.1, -0.05) is 127 Å². The fourth-order valence-corrected chi connectivity index (χ4v) is 8.96. The molecule has 0 radical (unpaired) electrons. The van der Waals surface area contributed by atoms with Gasteiger partial charge in [-0.2, -0.15) is 0 Å². The minimum absolute atomic E-state index is 0.0347. The zero-order chi connectivity index (χ0) is 32.8. The SMILES string of the molecule is C1=CCCC(n2c3ccccc3c3c4ccccc4c4c5c6ccccc6ccc5n(C5Nc6ccccc6NC5c5ccccc5)c4c32)=C1. The largest absolute Gasteiger partial charge is 0.373 e. The topological polar surface area (TPSA) is 33.9 Å². The lowest BCUT2D eigenvalue weighted by Gasteiger charge is -2.38. The van der Waals surface area contributed by atoms with Crippen LogP contribution in [0.25, 0.3) is 70.9 Å². The van der Waals surface area contributed by atoms with Crippen molar-refractivity contribution in [3.63, 3.8) is 0 Å². The highest BCUT2D eigenvalue weighted by molar-refractivity contribution is 6.38. The maximum atomic E-state index is 4.09. The molecule has 2 aliphatic rings. The molecule has 2 unspecified atom stereocenters. The van der Waals surface area contributed by atoms with Crippen molar-refractivity contribution in [1.82, 2.24) is 9.13 Å². The van der Waals surface area contributed by atoms with E-state index in [0.29, 0.717) is 0 Å². The molecule has 4 nitrogen and oxygen atoms in total. The first-order valence-corrected chi connectivity index (χ1v) is 17.7. The number of anilines is 2. The van der Waals surface area contributed by atoms with Gasteiger partial charge in [0.15, 0.2) is 0 Å². The number of allylic oxidation sites excluding steroid dienone is 4. The molecule has 0 fully saturated rings. The lowest BCUT2D eigenvalue weighted by molar-refractivity contribution is 0.507. The van der Waals surface area contributed by atoms with Crippen LogP contribution in [0.5, 0.6) is 0 Å². The Morgan fingerprint density at radius 3 is 2.00 bits per heavy atom. The fraction of sp³-hybridized carbons (Fsp3) is 0.0870. The zero-order valence-electron chi connectivity index (χ0n) is 27.5. The molecule has 11 rings (SSSR count). The second-order valence-electron chi connectivity index (χ2n) is 13.7. The van der Waals surface area contributed by atoms with Crippen LogP contribution < -0.4 is 10.6 Å². The van der Waals surface area contributed by atoms with E-state index in [1.807, 2.05) is 0 Å². The van der Waals surface area contributed by atoms with E-state index in [1.165, 1.54) is 76.4 Å². The summed E-state index contributed by atoms with van der Waals surface area (Å²) in [6.45, 7) is 0. The third kappa shape index (κ3) is 3.82. The van der Waals surface area contributed by atoms with Gasteiger partial charge in [0, 0.05) is 27.2 Å². The van der Waals surface area contributed by atoms with E-state index >= 15 is 0 Å². The van der Waals surface area contributed by atoms with Crippen molar-refractivity contribution in [2.75, 3.05) is 10.6 Å². The zero-order valence-corrected chi connectivity index (χ0v) is 27.5. The number of para-hydroxylation sites is 3. The molecule has 50 heavy (non-hydrogen) atoms. The van der Waals surface area contributed by atoms with E-state index in [9.17, 15) is 0 Å². The van der Waals surface area contributed by atoms with E-state index < -0.39 is 0 Å². The van der Waals surface area contributed by atoms with Crippen molar-refractivity contribution in [2.45, 2.75) is 25.0 Å². The van der Waals surface area contributed by atoms with E-state index in [4.69, 9.17) is 0 Å². The van der Waals surface area contributed by atoms with Crippen LogP contribution in [-0.2, 0) is 0 Å². The maximum absolute atomic E-state index is 4.09. The van der Waals surface area contributed by atoms with Crippen molar-refractivity contribution >= 4 is 82.2 Å². The van der Waals surface area contributed by atoms with Gasteiger partial charge < -0.3 is 19.8 Å². The monoisotopic (exact) mass is 642 g/mol. The second kappa shape index (κ2) is 10.6. The number of nitrogens with zero attached hydrogens (tertiary/aromatic N) is 2. The van der Waals surface area contributed by atoms with Crippen LogP contribution in [0.4, 0.5) is 11.4 Å². The Bertz CT molecular complexity index is 2890. The van der Waals surface area contributed by atoms with Gasteiger partial charge in [-0.25, -0.2) is 0 Å². The quantitative estimate of drug-likeness (QED) is 0.201. The predicted octanol–water partition coefficient (Wildman–Crippen LogP) is 12.2. The van der Waals surface area contributed by atoms with Gasteiger partial charge in [-0.05, 0) is 70.3 Å². The van der Waals surface area contributed by atoms with Gasteiger partial charge in [0.1, 0.15) is 6.17 Å². The highest BCUT2D eigenvalue weighted by atomic mass is 15.3. The molecule has 4 heteroatoms. The third-order valence-corrected chi connectivity index (χ3v) is 11.0. The molecule has 0 amide bonds. The number of hydrogen-bond acceptors (Lipinski definition) is 2. The van der Waals surface area contributed by atoms with E-state index in [0.717, 1.165) is 24.2 Å². The summed E-state index contributed by atoms with van der Waals surface area (Å²) in [6, 6.07) is 51.1. The molecular weight excluding hydrogens is 609 g/mol. The molecule has 7 aromatic carbocycles. The smallest absolute Gasteiger partial charge is 0.129 e. The molecular formula is C46H34N4. The first-order chi connectivity index (χ1) is 24.8. The Morgan fingerprint density at radius 2 is 1.20 bits per heavy atom. The highest BCUT2D eigenvalue weighted by Gasteiger charge is 2.35. The fourth-order valence-electron chi connectivity index (χ4n) is 8.96. The maximum Gasteiger partial charge on any atom is 0.129 e. The number of benzene rings is 7. The van der Waals surface area contributed by atoms with Gasteiger partial charge >= 0.3 is 0 Å². The minimum Gasteiger partial charge on any atom is -0.373 e. The molecule has 2 atom stereocenters. The van der Waals surface area contributed by atoms with Crippen LogP contribution >= 0.6 is 0 Å². The van der Waals surface area contributed by atoms with Crippen LogP contribution in [-0.4, -0.2) is 9.13 Å². The van der Waals surface area contributed by atoms with Gasteiger partial charge in [0.2, 0.25) is 0 Å². The molecule has 0 saturated carbocycles. The average molecular weight is 643 g/mol. The summed E-state index contributed by atoms with van der Waals surface area (Å²) in [5.74, 6) is 0. The van der Waals surface area contributed by atoms with Gasteiger partial charge in [0.25, 0.3) is 0 Å². The Kier molecular flexibility index (Phi) is 5.88. The second-order valence-corrected chi connectivity index (χ2v) is 13.7. The van der Waals surface area contributed by atoms with E-state index in [2.05, 4.69) is 178 Å². The van der Waals surface area contributed by atoms with Gasteiger partial charge in [-0.15, -0.1) is 0 Å². The van der Waals surface area contributed by atoms with Crippen molar-refractivity contribution in [2.24, 2.45) is 0 Å². The summed E-state index contributed by atoms with van der Waals surface area (Å²) in [7, 11) is 0. The third-order valence-electron chi connectivity index (χ3n) is 11.0. The van der Waals surface area contributed by atoms with E-state index in [1.54, 1.807) is 0 Å². The molecule has 2 aromatic heterocycles. The van der Waals surface area contributed by atoms with Crippen molar-refractivity contribution in [1.29, 1.82) is 0 Å². The molecule has 3 heterocycles.